The summed E-state index contributed by atoms with van der Waals surface area (Å²) < 4.78 is 23.9. The predicted molar refractivity (Wildman–Crippen MR) is 123 cm³/mol. The Morgan fingerprint density at radius 1 is 1.36 bits per heavy atom. The normalized spacial score (nSPS) is 13.9. The van der Waals surface area contributed by atoms with Crippen LogP contribution in [0.15, 0.2) is 35.4 Å². The van der Waals surface area contributed by atoms with Crippen LogP contribution in [0.4, 0.5) is 10.1 Å². The molecule has 8 nitrogen and oxygen atoms in total. The van der Waals surface area contributed by atoms with Gasteiger partial charge in [-0.05, 0) is 38.3 Å². The highest BCUT2D eigenvalue weighted by molar-refractivity contribution is 6.33. The van der Waals surface area contributed by atoms with Gasteiger partial charge in [0, 0.05) is 31.4 Å². The van der Waals surface area contributed by atoms with E-state index in [9.17, 15) is 9.59 Å². The lowest BCUT2D eigenvalue weighted by molar-refractivity contribution is 0.101. The summed E-state index contributed by atoms with van der Waals surface area (Å²) in [5.74, 6) is -0.563. The average Bonchev–Trinajstić information content (AvgIpc) is 3.13. The molecular formula is C23H25ClFN5O3. The number of pyridine rings is 1. The summed E-state index contributed by atoms with van der Waals surface area (Å²) in [5.41, 5.74) is -0.133. The Bertz CT molecular complexity index is 1240. The van der Waals surface area contributed by atoms with Gasteiger partial charge in [-0.3, -0.25) is 14.3 Å². The molecule has 0 unspecified atom stereocenters. The van der Waals surface area contributed by atoms with Crippen molar-refractivity contribution in [3.05, 3.63) is 63.3 Å². The van der Waals surface area contributed by atoms with Gasteiger partial charge < -0.3 is 10.1 Å². The molecule has 1 amide bonds. The van der Waals surface area contributed by atoms with Gasteiger partial charge >= 0.3 is 5.69 Å². The van der Waals surface area contributed by atoms with Gasteiger partial charge in [-0.1, -0.05) is 24.9 Å². The molecule has 1 N–H and O–H groups in total. The second kappa shape index (κ2) is 9.74. The van der Waals surface area contributed by atoms with Crippen molar-refractivity contribution < 1.29 is 13.9 Å². The Morgan fingerprint density at radius 3 is 2.91 bits per heavy atom. The third-order valence-corrected chi connectivity index (χ3v) is 5.84. The number of carbonyl (C=O) groups is 1. The number of anilines is 1. The van der Waals surface area contributed by atoms with E-state index in [1.807, 2.05) is 13.8 Å². The van der Waals surface area contributed by atoms with Crippen molar-refractivity contribution in [1.29, 1.82) is 0 Å². The van der Waals surface area contributed by atoms with Crippen molar-refractivity contribution in [1.82, 2.24) is 19.3 Å². The summed E-state index contributed by atoms with van der Waals surface area (Å²) in [4.78, 5) is 29.8. The van der Waals surface area contributed by atoms with Crippen LogP contribution in [-0.4, -0.2) is 31.3 Å². The third-order valence-electron chi connectivity index (χ3n) is 5.54. The summed E-state index contributed by atoms with van der Waals surface area (Å²) in [6, 6.07) is 3.98. The minimum atomic E-state index is -0.756. The lowest BCUT2D eigenvalue weighted by Gasteiger charge is -2.18. The van der Waals surface area contributed by atoms with Crippen LogP contribution in [0.2, 0.25) is 5.02 Å². The molecule has 0 bridgehead atoms. The van der Waals surface area contributed by atoms with Crippen LogP contribution in [0.5, 0.6) is 5.75 Å². The van der Waals surface area contributed by atoms with Crippen molar-refractivity contribution in [2.24, 2.45) is 0 Å². The van der Waals surface area contributed by atoms with Crippen LogP contribution < -0.4 is 15.7 Å². The van der Waals surface area contributed by atoms with Gasteiger partial charge in [0.2, 0.25) is 0 Å². The number of ether oxygens (including phenoxy) is 1. The average molecular weight is 474 g/mol. The number of aryl methyl sites for hydroxylation is 1. The van der Waals surface area contributed by atoms with Crippen LogP contribution in [0.3, 0.4) is 0 Å². The van der Waals surface area contributed by atoms with Gasteiger partial charge in [-0.15, -0.1) is 5.10 Å². The minimum absolute atomic E-state index is 0.0101. The number of nitrogens with one attached hydrogen (secondary N) is 1. The maximum absolute atomic E-state index is 15.2. The summed E-state index contributed by atoms with van der Waals surface area (Å²) in [6.45, 7) is 4.44. The maximum atomic E-state index is 15.2. The molecule has 2 aromatic heterocycles. The monoisotopic (exact) mass is 473 g/mol. The van der Waals surface area contributed by atoms with E-state index >= 15 is 4.39 Å². The quantitative estimate of drug-likeness (QED) is 0.550. The number of carbonyl (C=O) groups excluding carboxylic acids is 1. The standard InChI is InChI=1S/C23H25ClFN5O3/c1-3-6-14(2)33-20-12-19(30-23(32)29-10-5-4-7-21(29)28-30)17(25)11-15(20)22(31)27-18-8-9-26-13-16(18)24/h8-9,11-14H,3-7,10H2,1-2H3,(H,26,27,31)/t14-/m0/s1. The Balaban J connectivity index is 1.76. The molecule has 174 valence electrons. The molecule has 1 aromatic carbocycles. The summed E-state index contributed by atoms with van der Waals surface area (Å²) in [6.07, 6.45) is 6.73. The van der Waals surface area contributed by atoms with Gasteiger partial charge in [-0.25, -0.2) is 9.18 Å². The van der Waals surface area contributed by atoms with E-state index in [1.54, 1.807) is 10.6 Å². The molecule has 0 saturated heterocycles. The fraction of sp³-hybridized carbons (Fsp3) is 0.391. The Morgan fingerprint density at radius 2 is 2.18 bits per heavy atom. The minimum Gasteiger partial charge on any atom is -0.490 e. The van der Waals surface area contributed by atoms with E-state index in [2.05, 4.69) is 15.4 Å². The number of rotatable bonds is 7. The molecule has 0 fully saturated rings. The first-order chi connectivity index (χ1) is 15.9. The number of amides is 1. The van der Waals surface area contributed by atoms with Crippen molar-refractivity contribution in [2.45, 2.75) is 58.6 Å². The highest BCUT2D eigenvalue weighted by Gasteiger charge is 2.24. The molecular weight excluding hydrogens is 449 g/mol. The Hall–Kier alpha value is -3.20. The largest absolute Gasteiger partial charge is 0.490 e. The second-order valence-corrected chi connectivity index (χ2v) is 8.45. The molecule has 1 aliphatic rings. The van der Waals surface area contributed by atoms with Crippen LogP contribution >= 0.6 is 11.6 Å². The maximum Gasteiger partial charge on any atom is 0.350 e. The molecule has 10 heteroatoms. The Kier molecular flexibility index (Phi) is 6.78. The first kappa shape index (κ1) is 23.0. The van der Waals surface area contributed by atoms with Crippen LogP contribution in [0.1, 0.15) is 55.7 Å². The highest BCUT2D eigenvalue weighted by atomic mass is 35.5. The number of nitrogens with zero attached hydrogens (tertiary/aromatic N) is 4. The van der Waals surface area contributed by atoms with Crippen LogP contribution in [0.25, 0.3) is 5.69 Å². The van der Waals surface area contributed by atoms with Gasteiger partial charge in [0.25, 0.3) is 5.91 Å². The van der Waals surface area contributed by atoms with Gasteiger partial charge in [0.15, 0.2) is 0 Å². The fourth-order valence-corrected chi connectivity index (χ4v) is 4.05. The predicted octanol–water partition coefficient (Wildman–Crippen LogP) is 4.38. The third kappa shape index (κ3) is 4.78. The van der Waals surface area contributed by atoms with E-state index in [0.29, 0.717) is 24.5 Å². The van der Waals surface area contributed by atoms with E-state index < -0.39 is 17.4 Å². The summed E-state index contributed by atoms with van der Waals surface area (Å²) in [5, 5.41) is 7.25. The van der Waals surface area contributed by atoms with E-state index in [1.165, 1.54) is 18.5 Å². The molecule has 0 spiro atoms. The number of fused-ring (bicyclic) bond motifs is 1. The smallest absolute Gasteiger partial charge is 0.350 e. The van der Waals surface area contributed by atoms with Crippen LogP contribution in [0, 0.1) is 5.82 Å². The molecule has 33 heavy (non-hydrogen) atoms. The van der Waals surface area contributed by atoms with E-state index in [4.69, 9.17) is 16.3 Å². The lowest BCUT2D eigenvalue weighted by Crippen LogP contribution is -2.27. The SMILES string of the molecule is CCC[C@H](C)Oc1cc(-n2nc3n(c2=O)CCCC3)c(F)cc1C(=O)Nc1ccncc1Cl. The number of aromatic nitrogens is 4. The first-order valence-corrected chi connectivity index (χ1v) is 11.4. The zero-order chi connectivity index (χ0) is 23.5. The van der Waals surface area contributed by atoms with Crippen molar-refractivity contribution in [3.63, 3.8) is 0 Å². The van der Waals surface area contributed by atoms with Crippen molar-refractivity contribution in [2.75, 3.05) is 5.32 Å². The number of hydrogen-bond acceptors (Lipinski definition) is 5. The molecule has 1 atom stereocenters. The zero-order valence-electron chi connectivity index (χ0n) is 18.5. The zero-order valence-corrected chi connectivity index (χ0v) is 19.2. The molecule has 4 rings (SSSR count). The molecule has 3 aromatic rings. The first-order valence-electron chi connectivity index (χ1n) is 11.0. The number of halogens is 2. The molecule has 0 radical (unpaired) electrons. The second-order valence-electron chi connectivity index (χ2n) is 8.05. The van der Waals surface area contributed by atoms with Gasteiger partial charge in [0.05, 0.1) is 22.4 Å². The van der Waals surface area contributed by atoms with E-state index in [-0.39, 0.29) is 28.1 Å². The molecule has 0 saturated carbocycles. The molecule has 3 heterocycles. The number of benzene rings is 1. The highest BCUT2D eigenvalue weighted by Crippen LogP contribution is 2.29. The molecule has 0 aliphatic carbocycles. The summed E-state index contributed by atoms with van der Waals surface area (Å²) in [7, 11) is 0. The lowest BCUT2D eigenvalue weighted by atomic mass is 10.1. The van der Waals surface area contributed by atoms with Crippen LogP contribution in [-0.2, 0) is 13.0 Å². The van der Waals surface area contributed by atoms with Crippen molar-refractivity contribution in [3.8, 4) is 11.4 Å². The van der Waals surface area contributed by atoms with Gasteiger partial charge in [0.1, 0.15) is 23.1 Å². The fourth-order valence-electron chi connectivity index (χ4n) is 3.88. The topological polar surface area (TPSA) is 91.0 Å². The van der Waals surface area contributed by atoms with E-state index in [0.717, 1.165) is 36.4 Å². The number of hydrogen-bond donors (Lipinski definition) is 1. The summed E-state index contributed by atoms with van der Waals surface area (Å²) >= 11 is 6.09. The van der Waals surface area contributed by atoms with Gasteiger partial charge in [-0.2, -0.15) is 4.68 Å². The van der Waals surface area contributed by atoms with Crippen molar-refractivity contribution >= 4 is 23.2 Å². The Labute approximate surface area is 195 Å². The molecule has 1 aliphatic heterocycles.